The number of nitrogens with zero attached hydrogens (tertiary/aromatic N) is 1. The van der Waals surface area contributed by atoms with E-state index in [1.54, 1.807) is 11.9 Å². The molecule has 1 aromatic rings. The molecule has 1 amide bonds. The molecule has 1 aliphatic rings. The third-order valence-corrected chi connectivity index (χ3v) is 6.28. The highest BCUT2D eigenvalue weighted by molar-refractivity contribution is 7.90. The molecule has 6 nitrogen and oxygen atoms in total. The summed E-state index contributed by atoms with van der Waals surface area (Å²) < 4.78 is 28.3. The minimum Gasteiger partial charge on any atom is -0.452 e. The number of hydrogen-bond acceptors (Lipinski definition) is 5. The van der Waals surface area contributed by atoms with Crippen LogP contribution in [0.3, 0.4) is 0 Å². The van der Waals surface area contributed by atoms with Gasteiger partial charge in [-0.05, 0) is 49.8 Å². The van der Waals surface area contributed by atoms with Gasteiger partial charge in [0.05, 0.1) is 15.5 Å². The summed E-state index contributed by atoms with van der Waals surface area (Å²) in [6, 6.07) is 3.97. The Balaban J connectivity index is 1.99. The maximum atomic E-state index is 12.3. The smallest absolute Gasteiger partial charge is 0.340 e. The Morgan fingerprint density at radius 3 is 2.42 bits per heavy atom. The lowest BCUT2D eigenvalue weighted by Gasteiger charge is -2.33. The van der Waals surface area contributed by atoms with Gasteiger partial charge in [0.15, 0.2) is 16.4 Å². The molecular weight excluding hydrogens is 378 g/mol. The lowest BCUT2D eigenvalue weighted by molar-refractivity contribution is -0.136. The summed E-state index contributed by atoms with van der Waals surface area (Å²) >= 11 is 5.96. The predicted octanol–water partition coefficient (Wildman–Crippen LogP) is 2.94. The molecule has 0 N–H and O–H groups in total. The third kappa shape index (κ3) is 5.20. The first kappa shape index (κ1) is 20.7. The van der Waals surface area contributed by atoms with Crippen molar-refractivity contribution in [2.45, 2.75) is 43.5 Å². The quantitative estimate of drug-likeness (QED) is 0.708. The highest BCUT2D eigenvalue weighted by atomic mass is 35.5. The number of carbonyl (C=O) groups excluding carboxylic acids is 2. The van der Waals surface area contributed by atoms with Gasteiger partial charge >= 0.3 is 5.97 Å². The van der Waals surface area contributed by atoms with E-state index in [9.17, 15) is 18.0 Å². The molecule has 0 unspecified atom stereocenters. The first-order valence-corrected chi connectivity index (χ1v) is 10.8. The van der Waals surface area contributed by atoms with Gasteiger partial charge in [-0.3, -0.25) is 4.79 Å². The number of amides is 1. The van der Waals surface area contributed by atoms with Crippen molar-refractivity contribution in [2.24, 2.45) is 5.92 Å². The summed E-state index contributed by atoms with van der Waals surface area (Å²) in [5, 5.41) is 0.0736. The van der Waals surface area contributed by atoms with E-state index in [-0.39, 0.29) is 27.4 Å². The van der Waals surface area contributed by atoms with E-state index < -0.39 is 22.4 Å². The van der Waals surface area contributed by atoms with Crippen LogP contribution in [-0.2, 0) is 19.4 Å². The molecule has 1 aliphatic carbocycles. The number of hydrogen-bond donors (Lipinski definition) is 0. The van der Waals surface area contributed by atoms with Crippen LogP contribution in [-0.4, -0.2) is 51.1 Å². The lowest BCUT2D eigenvalue weighted by atomic mass is 9.87. The Hall–Kier alpha value is -1.60. The van der Waals surface area contributed by atoms with E-state index in [1.807, 2.05) is 0 Å². The Kier molecular flexibility index (Phi) is 6.69. The average Bonchev–Trinajstić information content (AvgIpc) is 2.58. The molecule has 0 aromatic heterocycles. The average molecular weight is 402 g/mol. The molecule has 0 aliphatic heterocycles. The minimum absolute atomic E-state index is 0.0337. The van der Waals surface area contributed by atoms with Crippen molar-refractivity contribution in [2.75, 3.05) is 19.9 Å². The van der Waals surface area contributed by atoms with Gasteiger partial charge in [-0.25, -0.2) is 13.2 Å². The van der Waals surface area contributed by atoms with E-state index in [4.69, 9.17) is 16.3 Å². The van der Waals surface area contributed by atoms with E-state index in [2.05, 4.69) is 6.92 Å². The number of likely N-dealkylation sites (N-methyl/N-ethyl adjacent to an activating group) is 1. The van der Waals surface area contributed by atoms with E-state index in [0.29, 0.717) is 5.92 Å². The summed E-state index contributed by atoms with van der Waals surface area (Å²) in [5.74, 6) is -0.426. The summed E-state index contributed by atoms with van der Waals surface area (Å²) in [5.41, 5.74) is -0.0727. The first-order valence-electron chi connectivity index (χ1n) is 8.52. The van der Waals surface area contributed by atoms with Crippen molar-refractivity contribution in [1.29, 1.82) is 0 Å². The molecule has 0 atom stereocenters. The summed E-state index contributed by atoms with van der Waals surface area (Å²) in [7, 11) is -1.76. The van der Waals surface area contributed by atoms with Gasteiger partial charge < -0.3 is 9.64 Å². The van der Waals surface area contributed by atoms with Crippen LogP contribution >= 0.6 is 11.6 Å². The SMILES string of the molecule is CC1CCC(N(C)C(=O)COC(=O)c2cc(S(C)(=O)=O)ccc2Cl)CC1. The standard InChI is InChI=1S/C18H24ClNO5S/c1-12-4-6-13(7-5-12)20(2)17(21)11-25-18(22)15-10-14(26(3,23)24)8-9-16(15)19/h8-10,12-13H,4-7,11H2,1-3H3. The first-order chi connectivity index (χ1) is 12.1. The summed E-state index contributed by atoms with van der Waals surface area (Å²) in [4.78, 5) is 26.1. The molecule has 1 fully saturated rings. The fourth-order valence-corrected chi connectivity index (χ4v) is 3.87. The minimum atomic E-state index is -3.48. The maximum absolute atomic E-state index is 12.3. The predicted molar refractivity (Wildman–Crippen MR) is 99.0 cm³/mol. The van der Waals surface area contributed by atoms with Crippen LogP contribution in [0.1, 0.15) is 43.0 Å². The number of carbonyl (C=O) groups is 2. The second-order valence-electron chi connectivity index (χ2n) is 6.91. The van der Waals surface area contributed by atoms with Crippen LogP contribution in [0.15, 0.2) is 23.1 Å². The monoisotopic (exact) mass is 401 g/mol. The van der Waals surface area contributed by atoms with Gasteiger partial charge in [0, 0.05) is 19.3 Å². The molecular formula is C18H24ClNO5S. The molecule has 144 valence electrons. The third-order valence-electron chi connectivity index (χ3n) is 4.84. The zero-order chi connectivity index (χ0) is 19.5. The summed E-state index contributed by atoms with van der Waals surface area (Å²) in [6.45, 7) is 1.80. The molecule has 1 saturated carbocycles. The van der Waals surface area contributed by atoms with Crippen LogP contribution in [0.25, 0.3) is 0 Å². The number of sulfone groups is 1. The highest BCUT2D eigenvalue weighted by Gasteiger charge is 2.26. The van der Waals surface area contributed by atoms with Gasteiger partial charge in [0.1, 0.15) is 0 Å². The van der Waals surface area contributed by atoms with Crippen molar-refractivity contribution in [3.05, 3.63) is 28.8 Å². The molecule has 2 rings (SSSR count). The zero-order valence-electron chi connectivity index (χ0n) is 15.2. The van der Waals surface area contributed by atoms with E-state index in [0.717, 1.165) is 38.0 Å². The van der Waals surface area contributed by atoms with Gasteiger partial charge in [-0.2, -0.15) is 0 Å². The topological polar surface area (TPSA) is 80.8 Å². The number of benzene rings is 1. The molecule has 0 heterocycles. The van der Waals surface area contributed by atoms with Crippen molar-refractivity contribution in [3.63, 3.8) is 0 Å². The Morgan fingerprint density at radius 2 is 1.85 bits per heavy atom. The number of rotatable bonds is 5. The fourth-order valence-electron chi connectivity index (χ4n) is 3.03. The second kappa shape index (κ2) is 8.39. The van der Waals surface area contributed by atoms with Gasteiger partial charge in [-0.1, -0.05) is 18.5 Å². The van der Waals surface area contributed by atoms with Crippen LogP contribution in [0, 0.1) is 5.92 Å². The van der Waals surface area contributed by atoms with Crippen molar-refractivity contribution in [3.8, 4) is 0 Å². The normalized spacial score (nSPS) is 20.5. The second-order valence-corrected chi connectivity index (χ2v) is 9.33. The van der Waals surface area contributed by atoms with Gasteiger partial charge in [-0.15, -0.1) is 0 Å². The summed E-state index contributed by atoms with van der Waals surface area (Å²) in [6.07, 6.45) is 5.08. The van der Waals surface area contributed by atoms with Crippen molar-refractivity contribution in [1.82, 2.24) is 4.90 Å². The van der Waals surface area contributed by atoms with E-state index >= 15 is 0 Å². The Bertz CT molecular complexity index is 785. The van der Waals surface area contributed by atoms with Gasteiger partial charge in [0.25, 0.3) is 5.91 Å². The number of halogens is 1. The molecule has 26 heavy (non-hydrogen) atoms. The largest absolute Gasteiger partial charge is 0.452 e. The molecule has 0 saturated heterocycles. The van der Waals surface area contributed by atoms with Gasteiger partial charge in [0.2, 0.25) is 0 Å². The molecule has 0 spiro atoms. The van der Waals surface area contributed by atoms with E-state index in [1.165, 1.54) is 12.1 Å². The Labute approximate surface area is 159 Å². The van der Waals surface area contributed by atoms with Crippen LogP contribution in [0.2, 0.25) is 5.02 Å². The lowest BCUT2D eigenvalue weighted by Crippen LogP contribution is -2.41. The zero-order valence-corrected chi connectivity index (χ0v) is 16.8. The number of esters is 1. The molecule has 1 aromatic carbocycles. The number of ether oxygens (including phenoxy) is 1. The van der Waals surface area contributed by atoms with Crippen LogP contribution in [0.5, 0.6) is 0 Å². The molecule has 0 radical (unpaired) electrons. The van der Waals surface area contributed by atoms with Crippen LogP contribution in [0.4, 0.5) is 0 Å². The van der Waals surface area contributed by atoms with Crippen LogP contribution < -0.4 is 0 Å². The highest BCUT2D eigenvalue weighted by Crippen LogP contribution is 2.26. The Morgan fingerprint density at radius 1 is 1.23 bits per heavy atom. The fraction of sp³-hybridized carbons (Fsp3) is 0.556. The van der Waals surface area contributed by atoms with Crippen molar-refractivity contribution >= 4 is 33.3 Å². The molecule has 8 heteroatoms. The van der Waals surface area contributed by atoms with Crippen molar-refractivity contribution < 1.29 is 22.7 Å². The maximum Gasteiger partial charge on any atom is 0.340 e. The molecule has 0 bridgehead atoms.